The highest BCUT2D eigenvalue weighted by Gasteiger charge is 2.18. The zero-order valence-electron chi connectivity index (χ0n) is 12.0. The van der Waals surface area contributed by atoms with Gasteiger partial charge in [0.1, 0.15) is 0 Å². The van der Waals surface area contributed by atoms with Crippen LogP contribution in [0, 0.1) is 5.92 Å². The first-order valence-electron chi connectivity index (χ1n) is 7.61. The van der Waals surface area contributed by atoms with Gasteiger partial charge in [0.15, 0.2) is 0 Å². The fraction of sp³-hybridized carbons (Fsp3) is 1.00. The average molecular weight is 241 g/mol. The molecule has 0 radical (unpaired) electrons. The maximum absolute atomic E-state index is 5.71. The topological polar surface area (TPSA) is 21.3 Å². The molecule has 2 nitrogen and oxygen atoms in total. The van der Waals surface area contributed by atoms with E-state index in [-0.39, 0.29) is 0 Å². The Bertz CT molecular complexity index is 178. The van der Waals surface area contributed by atoms with Crippen LogP contribution in [0.2, 0.25) is 0 Å². The summed E-state index contributed by atoms with van der Waals surface area (Å²) in [4.78, 5) is 0. The third-order valence-corrected chi connectivity index (χ3v) is 3.82. The lowest BCUT2D eigenvalue weighted by atomic mass is 9.93. The monoisotopic (exact) mass is 241 g/mol. The summed E-state index contributed by atoms with van der Waals surface area (Å²) >= 11 is 0. The van der Waals surface area contributed by atoms with Crippen molar-refractivity contribution in [1.29, 1.82) is 0 Å². The molecule has 0 saturated carbocycles. The molecule has 0 aromatic carbocycles. The summed E-state index contributed by atoms with van der Waals surface area (Å²) in [6, 6.07) is 0.700. The van der Waals surface area contributed by atoms with E-state index in [0.29, 0.717) is 12.1 Å². The minimum Gasteiger partial charge on any atom is -0.378 e. The highest BCUT2D eigenvalue weighted by Crippen LogP contribution is 2.21. The molecule has 1 N–H and O–H groups in total. The summed E-state index contributed by atoms with van der Waals surface area (Å²) < 4.78 is 5.71. The Balaban J connectivity index is 2.21. The van der Waals surface area contributed by atoms with E-state index >= 15 is 0 Å². The van der Waals surface area contributed by atoms with E-state index in [1.165, 1.54) is 44.9 Å². The molecule has 102 valence electrons. The van der Waals surface area contributed by atoms with Crippen LogP contribution in [0.25, 0.3) is 0 Å². The van der Waals surface area contributed by atoms with Gasteiger partial charge in [0.25, 0.3) is 0 Å². The number of hydrogen-bond acceptors (Lipinski definition) is 2. The highest BCUT2D eigenvalue weighted by molar-refractivity contribution is 4.73. The Kier molecular flexibility index (Phi) is 7.87. The highest BCUT2D eigenvalue weighted by atomic mass is 16.5. The van der Waals surface area contributed by atoms with E-state index in [1.807, 2.05) is 0 Å². The van der Waals surface area contributed by atoms with Crippen LogP contribution in [0.4, 0.5) is 0 Å². The van der Waals surface area contributed by atoms with Gasteiger partial charge in [-0.25, -0.2) is 0 Å². The van der Waals surface area contributed by atoms with E-state index in [2.05, 4.69) is 26.1 Å². The van der Waals surface area contributed by atoms with Gasteiger partial charge in [-0.15, -0.1) is 0 Å². The van der Waals surface area contributed by atoms with E-state index in [4.69, 9.17) is 4.74 Å². The van der Waals surface area contributed by atoms with Crippen molar-refractivity contribution in [3.8, 4) is 0 Å². The Labute approximate surface area is 108 Å². The largest absolute Gasteiger partial charge is 0.378 e. The van der Waals surface area contributed by atoms with Crippen LogP contribution in [-0.2, 0) is 4.74 Å². The molecule has 0 bridgehead atoms. The van der Waals surface area contributed by atoms with Gasteiger partial charge in [0.05, 0.1) is 6.10 Å². The second-order valence-electron chi connectivity index (χ2n) is 5.60. The Morgan fingerprint density at radius 2 is 2.12 bits per heavy atom. The molecule has 1 aliphatic heterocycles. The first-order chi connectivity index (χ1) is 8.26. The van der Waals surface area contributed by atoms with Crippen molar-refractivity contribution < 1.29 is 4.74 Å². The van der Waals surface area contributed by atoms with Crippen LogP contribution in [0.1, 0.15) is 65.7 Å². The molecule has 0 spiro atoms. The first kappa shape index (κ1) is 15.0. The molecule has 0 aromatic rings. The maximum atomic E-state index is 5.71. The standard InChI is InChI=1S/C15H31NO/c1-4-7-13(3)12-14(16-5-2)9-10-15-8-6-11-17-15/h13-16H,4-12H2,1-3H3. The van der Waals surface area contributed by atoms with Crippen molar-refractivity contribution >= 4 is 0 Å². The number of nitrogens with one attached hydrogen (secondary N) is 1. The lowest BCUT2D eigenvalue weighted by molar-refractivity contribution is 0.0987. The normalized spacial score (nSPS) is 23.8. The van der Waals surface area contributed by atoms with Crippen LogP contribution in [-0.4, -0.2) is 25.3 Å². The molecule has 1 fully saturated rings. The SMILES string of the molecule is CCCC(C)CC(CCC1CCCO1)NCC. The lowest BCUT2D eigenvalue weighted by Crippen LogP contribution is -2.31. The van der Waals surface area contributed by atoms with Gasteiger partial charge >= 0.3 is 0 Å². The molecule has 17 heavy (non-hydrogen) atoms. The Morgan fingerprint density at radius 3 is 2.71 bits per heavy atom. The maximum Gasteiger partial charge on any atom is 0.0576 e. The Hall–Kier alpha value is -0.0800. The molecule has 1 aliphatic rings. The van der Waals surface area contributed by atoms with Crippen LogP contribution >= 0.6 is 0 Å². The quantitative estimate of drug-likeness (QED) is 0.664. The van der Waals surface area contributed by atoms with Crippen molar-refractivity contribution in [1.82, 2.24) is 5.32 Å². The van der Waals surface area contributed by atoms with E-state index in [9.17, 15) is 0 Å². The number of ether oxygens (including phenoxy) is 1. The summed E-state index contributed by atoms with van der Waals surface area (Å²) in [5.41, 5.74) is 0. The van der Waals surface area contributed by atoms with Crippen molar-refractivity contribution in [2.24, 2.45) is 5.92 Å². The molecule has 2 heteroatoms. The molecular weight excluding hydrogens is 210 g/mol. The predicted octanol–water partition coefficient (Wildman–Crippen LogP) is 3.75. The Morgan fingerprint density at radius 1 is 1.29 bits per heavy atom. The van der Waals surface area contributed by atoms with Gasteiger partial charge in [-0.3, -0.25) is 0 Å². The third kappa shape index (κ3) is 6.42. The van der Waals surface area contributed by atoms with E-state index in [0.717, 1.165) is 19.1 Å². The zero-order valence-corrected chi connectivity index (χ0v) is 12.0. The van der Waals surface area contributed by atoms with E-state index < -0.39 is 0 Å². The summed E-state index contributed by atoms with van der Waals surface area (Å²) in [6.45, 7) is 8.96. The molecular formula is C15H31NO. The van der Waals surface area contributed by atoms with Gasteiger partial charge < -0.3 is 10.1 Å². The minimum atomic E-state index is 0.553. The second kappa shape index (κ2) is 8.93. The van der Waals surface area contributed by atoms with Crippen LogP contribution in [0.5, 0.6) is 0 Å². The zero-order chi connectivity index (χ0) is 12.5. The third-order valence-electron chi connectivity index (χ3n) is 3.82. The van der Waals surface area contributed by atoms with Crippen LogP contribution in [0.3, 0.4) is 0 Å². The number of hydrogen-bond donors (Lipinski definition) is 1. The minimum absolute atomic E-state index is 0.553. The molecule has 0 aliphatic carbocycles. The van der Waals surface area contributed by atoms with Crippen LogP contribution in [0.15, 0.2) is 0 Å². The molecule has 3 unspecified atom stereocenters. The molecule has 0 aromatic heterocycles. The summed E-state index contributed by atoms with van der Waals surface area (Å²) in [6.07, 6.45) is 9.63. The van der Waals surface area contributed by atoms with Crippen LogP contribution < -0.4 is 5.32 Å². The summed E-state index contributed by atoms with van der Waals surface area (Å²) in [5, 5.41) is 3.64. The van der Waals surface area contributed by atoms with Gasteiger partial charge in [0.2, 0.25) is 0 Å². The van der Waals surface area contributed by atoms with Crippen molar-refractivity contribution in [2.45, 2.75) is 77.9 Å². The molecule has 1 heterocycles. The molecule has 0 amide bonds. The van der Waals surface area contributed by atoms with Gasteiger partial charge in [-0.1, -0.05) is 33.6 Å². The van der Waals surface area contributed by atoms with E-state index in [1.54, 1.807) is 0 Å². The predicted molar refractivity (Wildman–Crippen MR) is 74.4 cm³/mol. The molecule has 3 atom stereocenters. The smallest absolute Gasteiger partial charge is 0.0576 e. The summed E-state index contributed by atoms with van der Waals surface area (Å²) in [5.74, 6) is 0.855. The van der Waals surface area contributed by atoms with Crippen molar-refractivity contribution in [2.75, 3.05) is 13.2 Å². The first-order valence-corrected chi connectivity index (χ1v) is 7.61. The fourth-order valence-electron chi connectivity index (χ4n) is 2.95. The fourth-order valence-corrected chi connectivity index (χ4v) is 2.95. The molecule has 1 saturated heterocycles. The number of rotatable bonds is 9. The molecule has 1 rings (SSSR count). The average Bonchev–Trinajstić information content (AvgIpc) is 2.79. The van der Waals surface area contributed by atoms with Crippen molar-refractivity contribution in [3.63, 3.8) is 0 Å². The van der Waals surface area contributed by atoms with Gasteiger partial charge in [-0.2, -0.15) is 0 Å². The summed E-state index contributed by atoms with van der Waals surface area (Å²) in [7, 11) is 0. The second-order valence-corrected chi connectivity index (χ2v) is 5.60. The van der Waals surface area contributed by atoms with Gasteiger partial charge in [-0.05, 0) is 44.6 Å². The lowest BCUT2D eigenvalue weighted by Gasteiger charge is -2.23. The van der Waals surface area contributed by atoms with Crippen molar-refractivity contribution in [3.05, 3.63) is 0 Å². The van der Waals surface area contributed by atoms with Gasteiger partial charge in [0, 0.05) is 12.6 Å².